The number of nitrogens with zero attached hydrogens (tertiary/aromatic N) is 3. The third kappa shape index (κ3) is 4.11. The van der Waals surface area contributed by atoms with Crippen LogP contribution in [0.2, 0.25) is 0 Å². The molecule has 4 aliphatic heterocycles. The molecule has 0 aromatic heterocycles. The van der Waals surface area contributed by atoms with Gasteiger partial charge < -0.3 is 15.4 Å². The van der Waals surface area contributed by atoms with E-state index < -0.39 is 10.0 Å². The van der Waals surface area contributed by atoms with Crippen molar-refractivity contribution in [1.82, 2.24) is 20.1 Å². The van der Waals surface area contributed by atoms with Gasteiger partial charge in [-0.3, -0.25) is 4.79 Å². The average Bonchev–Trinajstić information content (AvgIpc) is 3.16. The topological polar surface area (TPSA) is 127 Å². The van der Waals surface area contributed by atoms with Crippen molar-refractivity contribution < 1.29 is 17.9 Å². The fourth-order valence-corrected chi connectivity index (χ4v) is 7.02. The van der Waals surface area contributed by atoms with Crippen LogP contribution in [0.15, 0.2) is 29.2 Å². The molecule has 3 N–H and O–H groups in total. The molecule has 0 radical (unpaired) electrons. The molecule has 10 nitrogen and oxygen atoms in total. The van der Waals surface area contributed by atoms with Gasteiger partial charge in [-0.15, -0.1) is 0 Å². The number of hydrogen-bond donors (Lipinski definition) is 3. The highest BCUT2D eigenvalue weighted by atomic mass is 32.2. The fourth-order valence-electron chi connectivity index (χ4n) is 5.34. The minimum atomic E-state index is -3.47. The number of nitrogens with one attached hydrogen (secondary N) is 3. The van der Waals surface area contributed by atoms with Crippen molar-refractivity contribution in [3.8, 4) is 6.07 Å². The van der Waals surface area contributed by atoms with Crippen molar-refractivity contribution in [3.63, 3.8) is 0 Å². The highest BCUT2D eigenvalue weighted by Crippen LogP contribution is 2.34. The Morgan fingerprint density at radius 2 is 1.94 bits per heavy atom. The molecule has 4 aliphatic rings. The van der Waals surface area contributed by atoms with E-state index in [2.05, 4.69) is 27.1 Å². The van der Waals surface area contributed by atoms with Crippen LogP contribution in [0.25, 0.3) is 0 Å². The van der Waals surface area contributed by atoms with Crippen molar-refractivity contribution in [1.29, 1.82) is 5.26 Å². The summed E-state index contributed by atoms with van der Waals surface area (Å²) in [6.07, 6.45) is 1.07. The summed E-state index contributed by atoms with van der Waals surface area (Å²) in [5, 5.41) is 18.0. The molecule has 1 aromatic rings. The summed E-state index contributed by atoms with van der Waals surface area (Å²) in [6.45, 7) is 4.75. The Bertz CT molecular complexity index is 1040. The van der Waals surface area contributed by atoms with E-state index in [-0.39, 0.29) is 40.9 Å². The van der Waals surface area contributed by atoms with Crippen LogP contribution in [0.4, 0.5) is 5.69 Å². The second-order valence-electron chi connectivity index (χ2n) is 9.45. The maximum absolute atomic E-state index is 12.8. The first-order valence-electron chi connectivity index (χ1n) is 11.5. The third-order valence-electron chi connectivity index (χ3n) is 7.16. The van der Waals surface area contributed by atoms with Crippen molar-refractivity contribution >= 4 is 21.6 Å². The average molecular weight is 475 g/mol. The number of amides is 1. The zero-order chi connectivity index (χ0) is 23.2. The van der Waals surface area contributed by atoms with Gasteiger partial charge >= 0.3 is 0 Å². The number of benzene rings is 1. The van der Waals surface area contributed by atoms with Gasteiger partial charge in [0, 0.05) is 38.0 Å². The lowest BCUT2D eigenvalue weighted by atomic mass is 9.88. The number of ether oxygens (including phenoxy) is 1. The summed E-state index contributed by atoms with van der Waals surface area (Å²) < 4.78 is 32.6. The largest absolute Gasteiger partial charge is 0.380 e. The summed E-state index contributed by atoms with van der Waals surface area (Å²) in [4.78, 5) is 13.1. The summed E-state index contributed by atoms with van der Waals surface area (Å²) in [5.41, 5.74) is 4.16. The summed E-state index contributed by atoms with van der Waals surface area (Å²) >= 11 is 0. The Hall–Kier alpha value is -2.23. The van der Waals surface area contributed by atoms with E-state index in [0.717, 1.165) is 12.1 Å². The Kier molecular flexibility index (Phi) is 6.05. The molecule has 5 rings (SSSR count). The highest BCUT2D eigenvalue weighted by Gasteiger charge is 2.51. The SMILES string of the molecule is CC1CN(S(=O)(=O)c2ccc(NC3NN([C@H]4COCC[C@@H]4C#N)C4CCNC(=O)C34)cc2)C1. The van der Waals surface area contributed by atoms with E-state index >= 15 is 0 Å². The molecule has 178 valence electrons. The Morgan fingerprint density at radius 1 is 1.18 bits per heavy atom. The van der Waals surface area contributed by atoms with Crippen molar-refractivity contribution in [2.75, 3.05) is 38.2 Å². The van der Waals surface area contributed by atoms with Gasteiger partial charge in [0.15, 0.2) is 0 Å². The minimum absolute atomic E-state index is 0.0323. The van der Waals surface area contributed by atoms with Crippen molar-refractivity contribution in [2.24, 2.45) is 17.8 Å². The molecule has 4 heterocycles. The smallest absolute Gasteiger partial charge is 0.243 e. The van der Waals surface area contributed by atoms with E-state index in [1.807, 2.05) is 6.92 Å². The number of hydrogen-bond acceptors (Lipinski definition) is 8. The van der Waals surface area contributed by atoms with Gasteiger partial charge in [0.1, 0.15) is 6.17 Å². The van der Waals surface area contributed by atoms with Crippen LogP contribution >= 0.6 is 0 Å². The lowest BCUT2D eigenvalue weighted by Gasteiger charge is -2.39. The molecule has 3 unspecified atom stereocenters. The number of nitriles is 1. The Morgan fingerprint density at radius 3 is 2.64 bits per heavy atom. The standard InChI is InChI=1S/C22H30N6O4S/c1-14-11-27(12-14)33(30,31)17-4-2-16(3-5-17)25-21-20-18(6-8-24-22(20)29)28(26-21)19-13-32-9-7-15(19)10-23/h2-5,14-15,18-21,25-26H,6-9,11-13H2,1H3,(H,24,29)/t15-,18?,19+,20?,21?/m1/s1. The third-order valence-corrected chi connectivity index (χ3v) is 9.00. The Balaban J connectivity index is 1.33. The van der Waals surface area contributed by atoms with Gasteiger partial charge in [0.25, 0.3) is 0 Å². The number of anilines is 1. The molecule has 11 heteroatoms. The molecule has 1 aromatic carbocycles. The first-order chi connectivity index (χ1) is 15.9. The lowest BCUT2D eigenvalue weighted by molar-refractivity contribution is -0.128. The molecular formula is C22H30N6O4S. The van der Waals surface area contributed by atoms with E-state index in [1.54, 1.807) is 24.3 Å². The van der Waals surface area contributed by atoms with Crippen LogP contribution in [0.3, 0.4) is 0 Å². The second kappa shape index (κ2) is 8.85. The molecular weight excluding hydrogens is 444 g/mol. The maximum atomic E-state index is 12.8. The van der Waals surface area contributed by atoms with E-state index in [1.165, 1.54) is 4.31 Å². The zero-order valence-electron chi connectivity index (χ0n) is 18.6. The van der Waals surface area contributed by atoms with E-state index in [0.29, 0.717) is 45.2 Å². The van der Waals surface area contributed by atoms with Gasteiger partial charge in [-0.1, -0.05) is 6.92 Å². The first kappa shape index (κ1) is 22.6. The van der Waals surface area contributed by atoms with Crippen LogP contribution < -0.4 is 16.1 Å². The van der Waals surface area contributed by atoms with Crippen LogP contribution in [-0.2, 0) is 19.6 Å². The van der Waals surface area contributed by atoms with Crippen molar-refractivity contribution in [2.45, 2.75) is 42.9 Å². The molecule has 33 heavy (non-hydrogen) atoms. The zero-order valence-corrected chi connectivity index (χ0v) is 19.4. The number of piperidine rings is 1. The summed E-state index contributed by atoms with van der Waals surface area (Å²) in [6, 6.07) is 8.90. The Labute approximate surface area is 194 Å². The van der Waals surface area contributed by atoms with Crippen LogP contribution in [0.5, 0.6) is 0 Å². The normalized spacial score (nSPS) is 33.6. The van der Waals surface area contributed by atoms with Crippen molar-refractivity contribution in [3.05, 3.63) is 24.3 Å². The lowest BCUT2D eigenvalue weighted by Crippen LogP contribution is -2.56. The molecule has 0 bridgehead atoms. The molecule has 0 aliphatic carbocycles. The molecule has 0 saturated carbocycles. The molecule has 4 saturated heterocycles. The predicted octanol–water partition coefficient (Wildman–Crippen LogP) is 0.319. The molecule has 4 fully saturated rings. The number of sulfonamides is 1. The van der Waals surface area contributed by atoms with E-state index in [4.69, 9.17) is 4.74 Å². The van der Waals surface area contributed by atoms with Crippen LogP contribution in [0, 0.1) is 29.1 Å². The number of carbonyl (C=O) groups excluding carboxylic acids is 1. The van der Waals surface area contributed by atoms with Crippen LogP contribution in [-0.4, -0.2) is 74.7 Å². The molecule has 0 spiro atoms. The highest BCUT2D eigenvalue weighted by molar-refractivity contribution is 7.89. The minimum Gasteiger partial charge on any atom is -0.380 e. The fraction of sp³-hybridized carbons (Fsp3) is 0.636. The second-order valence-corrected chi connectivity index (χ2v) is 11.4. The maximum Gasteiger partial charge on any atom is 0.243 e. The number of fused-ring (bicyclic) bond motifs is 1. The summed E-state index contributed by atoms with van der Waals surface area (Å²) in [7, 11) is -3.47. The van der Waals surface area contributed by atoms with Gasteiger partial charge in [-0.25, -0.2) is 18.9 Å². The van der Waals surface area contributed by atoms with Gasteiger partial charge in [-0.05, 0) is 43.0 Å². The molecule has 1 amide bonds. The summed E-state index contributed by atoms with van der Waals surface area (Å²) in [5.74, 6) is -0.146. The predicted molar refractivity (Wildman–Crippen MR) is 120 cm³/mol. The van der Waals surface area contributed by atoms with Gasteiger partial charge in [0.2, 0.25) is 15.9 Å². The molecule has 5 atom stereocenters. The monoisotopic (exact) mass is 474 g/mol. The van der Waals surface area contributed by atoms with Gasteiger partial charge in [0.05, 0.1) is 35.4 Å². The number of carbonyl (C=O) groups is 1. The van der Waals surface area contributed by atoms with Crippen LogP contribution in [0.1, 0.15) is 19.8 Å². The number of rotatable bonds is 5. The van der Waals surface area contributed by atoms with Gasteiger partial charge in [-0.2, -0.15) is 9.57 Å². The quantitative estimate of drug-likeness (QED) is 0.557. The van der Waals surface area contributed by atoms with E-state index in [9.17, 15) is 18.5 Å². The first-order valence-corrected chi connectivity index (χ1v) is 13.0. The number of hydrazine groups is 1.